The number of urea groups is 1. The van der Waals surface area contributed by atoms with Gasteiger partial charge in [0, 0.05) is 22.0 Å². The maximum absolute atomic E-state index is 12.8. The number of amides is 3. The van der Waals surface area contributed by atoms with Crippen molar-refractivity contribution in [3.8, 4) is 17.0 Å². The summed E-state index contributed by atoms with van der Waals surface area (Å²) in [6.07, 6.45) is 5.20. The van der Waals surface area contributed by atoms with Gasteiger partial charge in [-0.15, -0.1) is 11.3 Å². The smallest absolute Gasteiger partial charge is 0.327 e. The fraction of sp³-hybridized carbons (Fsp3) is 0.440. The monoisotopic (exact) mass is 511 g/mol. The lowest BCUT2D eigenvalue weighted by atomic mass is 10.0. The van der Waals surface area contributed by atoms with Crippen LogP contribution in [0.15, 0.2) is 24.5 Å². The SMILES string of the molecule is Cc1cc(Cl)cc(-c2ncnc3cc(CN4C(=O)C5CCCN5C4=O)sc23)c1OC1CCNCC1. The molecule has 3 amide bonds. The van der Waals surface area contributed by atoms with Crippen molar-refractivity contribution >= 4 is 45.1 Å². The maximum atomic E-state index is 12.8. The number of piperidine rings is 1. The molecular formula is C25H26ClN5O3S. The lowest BCUT2D eigenvalue weighted by Gasteiger charge is -2.26. The van der Waals surface area contributed by atoms with Gasteiger partial charge in [0.05, 0.1) is 22.5 Å². The zero-order chi connectivity index (χ0) is 24.1. The third-order valence-corrected chi connectivity index (χ3v) is 8.36. The van der Waals surface area contributed by atoms with E-state index in [0.717, 1.165) is 76.4 Å². The van der Waals surface area contributed by atoms with Gasteiger partial charge in [0.2, 0.25) is 0 Å². The number of benzene rings is 1. The van der Waals surface area contributed by atoms with Crippen LogP contribution in [0.1, 0.15) is 36.1 Å². The molecule has 35 heavy (non-hydrogen) atoms. The van der Waals surface area contributed by atoms with Gasteiger partial charge >= 0.3 is 6.03 Å². The van der Waals surface area contributed by atoms with Crippen LogP contribution in [0.4, 0.5) is 4.79 Å². The molecule has 0 aliphatic carbocycles. The van der Waals surface area contributed by atoms with Crippen LogP contribution < -0.4 is 10.1 Å². The van der Waals surface area contributed by atoms with Gasteiger partial charge in [0.1, 0.15) is 24.2 Å². The zero-order valence-corrected chi connectivity index (χ0v) is 21.0. The second-order valence-electron chi connectivity index (χ2n) is 9.37. The molecule has 182 valence electrons. The predicted octanol–water partition coefficient (Wildman–Crippen LogP) is 4.38. The Morgan fingerprint density at radius 1 is 1.17 bits per heavy atom. The number of rotatable bonds is 5. The first-order valence-electron chi connectivity index (χ1n) is 12.0. The molecule has 3 fully saturated rings. The van der Waals surface area contributed by atoms with E-state index in [0.29, 0.717) is 11.6 Å². The van der Waals surface area contributed by atoms with Crippen molar-refractivity contribution in [2.45, 2.75) is 51.3 Å². The summed E-state index contributed by atoms with van der Waals surface area (Å²) in [6.45, 7) is 4.77. The van der Waals surface area contributed by atoms with Crippen LogP contribution in [0, 0.1) is 6.92 Å². The minimum absolute atomic E-state index is 0.0978. The van der Waals surface area contributed by atoms with E-state index in [9.17, 15) is 9.59 Å². The molecular weight excluding hydrogens is 486 g/mol. The Morgan fingerprint density at radius 2 is 2.00 bits per heavy atom. The number of nitrogens with zero attached hydrogens (tertiary/aromatic N) is 4. The average molecular weight is 512 g/mol. The molecule has 0 spiro atoms. The number of imide groups is 1. The molecule has 3 aliphatic heterocycles. The van der Waals surface area contributed by atoms with Gasteiger partial charge in [-0.3, -0.25) is 9.69 Å². The Bertz CT molecular complexity index is 1300. The van der Waals surface area contributed by atoms with E-state index >= 15 is 0 Å². The number of halogens is 1. The van der Waals surface area contributed by atoms with Crippen molar-refractivity contribution in [2.24, 2.45) is 0 Å². The quantitative estimate of drug-likeness (QED) is 0.511. The lowest BCUT2D eigenvalue weighted by Crippen LogP contribution is -2.34. The minimum atomic E-state index is -0.295. The van der Waals surface area contributed by atoms with Crippen molar-refractivity contribution in [1.29, 1.82) is 0 Å². The van der Waals surface area contributed by atoms with Gasteiger partial charge in [-0.2, -0.15) is 0 Å². The molecule has 5 heterocycles. The van der Waals surface area contributed by atoms with Gasteiger partial charge in [-0.05, 0) is 69.5 Å². The first-order chi connectivity index (χ1) is 17.0. The van der Waals surface area contributed by atoms with E-state index in [1.54, 1.807) is 11.2 Å². The highest BCUT2D eigenvalue weighted by atomic mass is 35.5. The highest BCUT2D eigenvalue weighted by Crippen LogP contribution is 2.41. The summed E-state index contributed by atoms with van der Waals surface area (Å²) in [7, 11) is 0. The first kappa shape index (κ1) is 22.7. The molecule has 1 unspecified atom stereocenters. The van der Waals surface area contributed by atoms with Crippen LogP contribution in [-0.2, 0) is 11.3 Å². The lowest BCUT2D eigenvalue weighted by molar-refractivity contribution is -0.128. The fourth-order valence-electron chi connectivity index (χ4n) is 5.30. The molecule has 3 aliphatic rings. The van der Waals surface area contributed by atoms with E-state index in [1.807, 2.05) is 25.1 Å². The van der Waals surface area contributed by atoms with E-state index in [1.165, 1.54) is 16.2 Å². The van der Waals surface area contributed by atoms with Crippen LogP contribution in [0.5, 0.6) is 5.75 Å². The standard InChI is InChI=1S/C25H26ClN5O3S/c1-14-9-15(26)10-18(22(14)34-16-4-6-27-7-5-16)21-23-19(28-13-29-21)11-17(35-23)12-31-24(32)20-3-2-8-30(20)25(31)33/h9-11,13,16,20,27H,2-8,12H2,1H3. The van der Waals surface area contributed by atoms with Crippen LogP contribution in [-0.4, -0.2) is 63.5 Å². The third kappa shape index (κ3) is 4.05. The summed E-state index contributed by atoms with van der Waals surface area (Å²) >= 11 is 7.98. The second kappa shape index (κ2) is 9.04. The zero-order valence-electron chi connectivity index (χ0n) is 19.4. The van der Waals surface area contributed by atoms with Gasteiger partial charge < -0.3 is 15.0 Å². The number of aromatic nitrogens is 2. The molecule has 3 aromatic rings. The number of hydrogen-bond acceptors (Lipinski definition) is 7. The Morgan fingerprint density at radius 3 is 2.80 bits per heavy atom. The summed E-state index contributed by atoms with van der Waals surface area (Å²) in [6, 6.07) is 5.27. The van der Waals surface area contributed by atoms with Crippen molar-refractivity contribution in [3.05, 3.63) is 40.0 Å². The number of carbonyl (C=O) groups excluding carboxylic acids is 2. The second-order valence-corrected chi connectivity index (χ2v) is 10.9. The van der Waals surface area contributed by atoms with Gasteiger partial charge in [0.25, 0.3) is 5.91 Å². The molecule has 0 saturated carbocycles. The normalized spacial score (nSPS) is 20.8. The highest BCUT2D eigenvalue weighted by Gasteiger charge is 2.47. The number of hydrogen-bond donors (Lipinski definition) is 1. The molecule has 8 nitrogen and oxygen atoms in total. The Labute approximate surface area is 212 Å². The van der Waals surface area contributed by atoms with Crippen molar-refractivity contribution in [2.75, 3.05) is 19.6 Å². The molecule has 10 heteroatoms. The fourth-order valence-corrected chi connectivity index (χ4v) is 6.67. The Kier molecular flexibility index (Phi) is 5.86. The van der Waals surface area contributed by atoms with Crippen LogP contribution in [0.2, 0.25) is 5.02 Å². The summed E-state index contributed by atoms with van der Waals surface area (Å²) in [4.78, 5) is 38.7. The van der Waals surface area contributed by atoms with Crippen molar-refractivity contribution in [3.63, 3.8) is 0 Å². The summed E-state index contributed by atoms with van der Waals surface area (Å²) in [5, 5.41) is 3.99. The topological polar surface area (TPSA) is 87.7 Å². The Hall–Kier alpha value is -2.75. The van der Waals surface area contributed by atoms with Crippen LogP contribution >= 0.6 is 22.9 Å². The highest BCUT2D eigenvalue weighted by molar-refractivity contribution is 7.19. The van der Waals surface area contributed by atoms with E-state index in [2.05, 4.69) is 15.3 Å². The summed E-state index contributed by atoms with van der Waals surface area (Å²) in [5.74, 6) is 0.696. The van der Waals surface area contributed by atoms with Gasteiger partial charge in [-0.1, -0.05) is 11.6 Å². The molecule has 1 N–H and O–H groups in total. The molecule has 1 aromatic carbocycles. The molecule has 0 bridgehead atoms. The molecule has 6 rings (SSSR count). The molecule has 1 atom stereocenters. The number of aryl methyl sites for hydroxylation is 1. The maximum Gasteiger partial charge on any atom is 0.327 e. The van der Waals surface area contributed by atoms with Crippen LogP contribution in [0.25, 0.3) is 21.5 Å². The number of nitrogens with one attached hydrogen (secondary N) is 1. The van der Waals surface area contributed by atoms with E-state index in [-0.39, 0.29) is 30.6 Å². The first-order valence-corrected chi connectivity index (χ1v) is 13.2. The van der Waals surface area contributed by atoms with Crippen LogP contribution in [0.3, 0.4) is 0 Å². The third-order valence-electron chi connectivity index (χ3n) is 7.02. The van der Waals surface area contributed by atoms with Crippen molar-refractivity contribution < 1.29 is 14.3 Å². The number of fused-ring (bicyclic) bond motifs is 2. The number of thiophene rings is 1. The minimum Gasteiger partial charge on any atom is -0.489 e. The summed E-state index contributed by atoms with van der Waals surface area (Å²) in [5.41, 5.74) is 3.33. The number of ether oxygens (including phenoxy) is 1. The molecule has 3 saturated heterocycles. The Balaban J connectivity index is 1.36. The van der Waals surface area contributed by atoms with Gasteiger partial charge in [0.15, 0.2) is 0 Å². The molecule has 0 radical (unpaired) electrons. The largest absolute Gasteiger partial charge is 0.489 e. The summed E-state index contributed by atoms with van der Waals surface area (Å²) < 4.78 is 7.39. The molecule has 2 aromatic heterocycles. The van der Waals surface area contributed by atoms with Gasteiger partial charge in [-0.25, -0.2) is 14.8 Å². The van der Waals surface area contributed by atoms with Crippen molar-refractivity contribution in [1.82, 2.24) is 25.1 Å². The number of carbonyl (C=O) groups is 2. The van der Waals surface area contributed by atoms with E-state index < -0.39 is 0 Å². The average Bonchev–Trinajstić information content (AvgIpc) is 3.55. The predicted molar refractivity (Wildman–Crippen MR) is 135 cm³/mol. The van der Waals surface area contributed by atoms with E-state index in [4.69, 9.17) is 16.3 Å².